The fourth-order valence-electron chi connectivity index (χ4n) is 4.47. The molecular formula is C26H24N2O6. The van der Waals surface area contributed by atoms with Gasteiger partial charge in [0.1, 0.15) is 12.4 Å². The van der Waals surface area contributed by atoms with E-state index in [4.69, 9.17) is 14.3 Å². The molecule has 0 radical (unpaired) electrons. The van der Waals surface area contributed by atoms with Crippen LogP contribution in [-0.4, -0.2) is 36.2 Å². The molecule has 1 fully saturated rings. The van der Waals surface area contributed by atoms with E-state index >= 15 is 0 Å². The predicted octanol–water partition coefficient (Wildman–Crippen LogP) is 3.91. The standard InChI is InChI=1S/C26H24N2O6/c29-23(30)22-10-9-16(34-22)13-27-24(31)26(11-12-26)15-28-25(32)33-14-21-19-7-3-1-5-17(19)18-6-2-4-8-20(18)21/h1-10,21H,11-15H2,(H,27,31)(H,28,32)(H,29,30). The third-order valence-corrected chi connectivity index (χ3v) is 6.55. The number of aromatic carboxylic acids is 1. The summed E-state index contributed by atoms with van der Waals surface area (Å²) in [6.45, 7) is 0.469. The van der Waals surface area contributed by atoms with Crippen LogP contribution in [0.1, 0.15) is 46.2 Å². The first-order chi connectivity index (χ1) is 16.5. The molecule has 8 heteroatoms. The average Bonchev–Trinajstić information content (AvgIpc) is 3.37. The van der Waals surface area contributed by atoms with Crippen LogP contribution < -0.4 is 10.6 Å². The molecule has 1 heterocycles. The average molecular weight is 460 g/mol. The van der Waals surface area contributed by atoms with E-state index in [9.17, 15) is 14.4 Å². The van der Waals surface area contributed by atoms with Crippen molar-refractivity contribution in [3.05, 3.63) is 83.3 Å². The zero-order valence-corrected chi connectivity index (χ0v) is 18.4. The van der Waals surface area contributed by atoms with Gasteiger partial charge in [0.25, 0.3) is 0 Å². The van der Waals surface area contributed by atoms with Crippen LogP contribution in [0.15, 0.2) is 65.1 Å². The Hall–Kier alpha value is -4.07. The first-order valence-corrected chi connectivity index (χ1v) is 11.2. The van der Waals surface area contributed by atoms with Crippen LogP contribution in [0.2, 0.25) is 0 Å². The Kier molecular flexibility index (Phi) is 5.57. The highest BCUT2D eigenvalue weighted by Crippen LogP contribution is 2.46. The highest BCUT2D eigenvalue weighted by atomic mass is 16.5. The number of rotatable bonds is 8. The van der Waals surface area contributed by atoms with Crippen LogP contribution in [0.3, 0.4) is 0 Å². The lowest BCUT2D eigenvalue weighted by Crippen LogP contribution is -2.40. The van der Waals surface area contributed by atoms with E-state index in [0.717, 1.165) is 22.3 Å². The Morgan fingerprint density at radius 2 is 1.59 bits per heavy atom. The van der Waals surface area contributed by atoms with E-state index in [1.54, 1.807) is 0 Å². The second-order valence-electron chi connectivity index (χ2n) is 8.71. The number of carbonyl (C=O) groups excluding carboxylic acids is 2. The lowest BCUT2D eigenvalue weighted by Gasteiger charge is -2.17. The second-order valence-corrected chi connectivity index (χ2v) is 8.71. The number of nitrogens with one attached hydrogen (secondary N) is 2. The Bertz CT molecular complexity index is 1210. The fraction of sp³-hybridized carbons (Fsp3) is 0.269. The van der Waals surface area contributed by atoms with E-state index in [1.807, 2.05) is 24.3 Å². The minimum absolute atomic E-state index is 0.0275. The van der Waals surface area contributed by atoms with Crippen molar-refractivity contribution in [3.8, 4) is 11.1 Å². The fourth-order valence-corrected chi connectivity index (χ4v) is 4.47. The Labute approximate surface area is 195 Å². The summed E-state index contributed by atoms with van der Waals surface area (Å²) in [6, 6.07) is 19.1. The number of carboxylic acids is 1. The van der Waals surface area contributed by atoms with Crippen molar-refractivity contribution in [2.75, 3.05) is 13.2 Å². The van der Waals surface area contributed by atoms with E-state index in [1.165, 1.54) is 12.1 Å². The Balaban J connectivity index is 1.13. The quantitative estimate of drug-likeness (QED) is 0.469. The summed E-state index contributed by atoms with van der Waals surface area (Å²) in [5.74, 6) is -1.23. The van der Waals surface area contributed by atoms with Gasteiger partial charge in [-0.25, -0.2) is 9.59 Å². The van der Waals surface area contributed by atoms with Crippen LogP contribution in [-0.2, 0) is 16.1 Å². The van der Waals surface area contributed by atoms with E-state index < -0.39 is 17.5 Å². The molecule has 0 atom stereocenters. The number of benzene rings is 2. The first kappa shape index (κ1) is 21.8. The van der Waals surface area contributed by atoms with Gasteiger partial charge in [0, 0.05) is 12.5 Å². The maximum absolute atomic E-state index is 12.6. The first-order valence-electron chi connectivity index (χ1n) is 11.2. The van der Waals surface area contributed by atoms with E-state index in [2.05, 4.69) is 34.9 Å². The van der Waals surface area contributed by atoms with Gasteiger partial charge in [-0.15, -0.1) is 0 Å². The van der Waals surface area contributed by atoms with Gasteiger partial charge in [-0.2, -0.15) is 0 Å². The number of fused-ring (bicyclic) bond motifs is 3. The molecule has 5 rings (SSSR count). The summed E-state index contributed by atoms with van der Waals surface area (Å²) in [6.07, 6.45) is 0.750. The molecule has 0 saturated heterocycles. The number of alkyl carbamates (subject to hydrolysis) is 1. The highest BCUT2D eigenvalue weighted by molar-refractivity contribution is 5.86. The number of furan rings is 1. The molecule has 3 N–H and O–H groups in total. The van der Waals surface area contributed by atoms with E-state index in [-0.39, 0.29) is 37.3 Å². The molecule has 0 unspecified atom stereocenters. The number of ether oxygens (including phenoxy) is 1. The molecule has 174 valence electrons. The van der Waals surface area contributed by atoms with E-state index in [0.29, 0.717) is 18.6 Å². The summed E-state index contributed by atoms with van der Waals surface area (Å²) in [5.41, 5.74) is 3.92. The number of amides is 2. The van der Waals surface area contributed by atoms with Crippen molar-refractivity contribution in [3.63, 3.8) is 0 Å². The molecule has 0 bridgehead atoms. The van der Waals surface area contributed by atoms with Crippen molar-refractivity contribution in [1.82, 2.24) is 10.6 Å². The van der Waals surface area contributed by atoms with Crippen molar-refractivity contribution in [2.45, 2.75) is 25.3 Å². The van der Waals surface area contributed by atoms with Crippen LogP contribution >= 0.6 is 0 Å². The molecule has 0 aliphatic heterocycles. The second kappa shape index (κ2) is 8.70. The molecule has 2 aliphatic rings. The molecule has 34 heavy (non-hydrogen) atoms. The van der Waals surface area contributed by atoms with Gasteiger partial charge in [-0.05, 0) is 47.2 Å². The molecule has 2 aliphatic carbocycles. The zero-order chi connectivity index (χ0) is 23.7. The van der Waals surface area contributed by atoms with Crippen molar-refractivity contribution >= 4 is 18.0 Å². The van der Waals surface area contributed by atoms with Crippen molar-refractivity contribution in [1.29, 1.82) is 0 Å². The SMILES string of the molecule is O=C(NCC1(C(=O)NCc2ccc(C(=O)O)o2)CC1)OCC1c2ccccc2-c2ccccc21. The molecule has 3 aromatic rings. The van der Waals surface area contributed by atoms with Gasteiger partial charge < -0.3 is 24.9 Å². The van der Waals surface area contributed by atoms with Gasteiger partial charge >= 0.3 is 12.1 Å². The highest BCUT2D eigenvalue weighted by Gasteiger charge is 2.50. The zero-order valence-electron chi connectivity index (χ0n) is 18.4. The largest absolute Gasteiger partial charge is 0.475 e. The van der Waals surface area contributed by atoms with Gasteiger partial charge in [-0.1, -0.05) is 48.5 Å². The number of hydrogen-bond acceptors (Lipinski definition) is 5. The molecule has 2 amide bonds. The maximum atomic E-state index is 12.6. The molecular weight excluding hydrogens is 436 g/mol. The van der Waals surface area contributed by atoms with Crippen molar-refractivity contribution in [2.24, 2.45) is 5.41 Å². The normalized spacial score (nSPS) is 15.2. The van der Waals surface area contributed by atoms with Crippen LogP contribution in [0.25, 0.3) is 11.1 Å². The Morgan fingerprint density at radius 1 is 0.941 bits per heavy atom. The molecule has 0 spiro atoms. The number of carboxylic acid groups (broad SMARTS) is 1. The topological polar surface area (TPSA) is 118 Å². The lowest BCUT2D eigenvalue weighted by atomic mass is 9.98. The van der Waals surface area contributed by atoms with Crippen LogP contribution in [0.4, 0.5) is 4.79 Å². The smallest absolute Gasteiger partial charge is 0.407 e. The third-order valence-electron chi connectivity index (χ3n) is 6.55. The van der Waals surface area contributed by atoms with Gasteiger partial charge in [0.15, 0.2) is 0 Å². The lowest BCUT2D eigenvalue weighted by molar-refractivity contribution is -0.126. The van der Waals surface area contributed by atoms with Gasteiger partial charge in [0.2, 0.25) is 11.7 Å². The van der Waals surface area contributed by atoms with Crippen LogP contribution in [0.5, 0.6) is 0 Å². The maximum Gasteiger partial charge on any atom is 0.407 e. The van der Waals surface area contributed by atoms with Crippen molar-refractivity contribution < 1.29 is 28.6 Å². The summed E-state index contributed by atoms with van der Waals surface area (Å²) in [4.78, 5) is 36.0. The molecule has 2 aromatic carbocycles. The minimum atomic E-state index is -1.16. The summed E-state index contributed by atoms with van der Waals surface area (Å²) >= 11 is 0. The van der Waals surface area contributed by atoms with Gasteiger partial charge in [-0.3, -0.25) is 4.79 Å². The third kappa shape index (κ3) is 4.14. The van der Waals surface area contributed by atoms with Crippen LogP contribution in [0, 0.1) is 5.41 Å². The monoisotopic (exact) mass is 460 g/mol. The predicted molar refractivity (Wildman–Crippen MR) is 122 cm³/mol. The molecule has 1 aromatic heterocycles. The molecule has 8 nitrogen and oxygen atoms in total. The number of carbonyl (C=O) groups is 3. The molecule has 1 saturated carbocycles. The van der Waals surface area contributed by atoms with Gasteiger partial charge in [0.05, 0.1) is 12.0 Å². The number of hydrogen-bond donors (Lipinski definition) is 3. The summed E-state index contributed by atoms with van der Waals surface area (Å²) in [7, 11) is 0. The summed E-state index contributed by atoms with van der Waals surface area (Å²) in [5, 5.41) is 14.4. The summed E-state index contributed by atoms with van der Waals surface area (Å²) < 4.78 is 10.7. The minimum Gasteiger partial charge on any atom is -0.475 e. The Morgan fingerprint density at radius 3 is 2.18 bits per heavy atom.